The van der Waals surface area contributed by atoms with E-state index in [1.165, 1.54) is 6.92 Å². The van der Waals surface area contributed by atoms with Crippen LogP contribution in [0.1, 0.15) is 71.3 Å². The van der Waals surface area contributed by atoms with Gasteiger partial charge in [-0.1, -0.05) is 26.7 Å². The van der Waals surface area contributed by atoms with Gasteiger partial charge in [0.1, 0.15) is 0 Å². The number of ether oxygens (including phenoxy) is 3. The lowest BCUT2D eigenvalue weighted by molar-refractivity contribution is -0.144. The van der Waals surface area contributed by atoms with E-state index < -0.39 is 23.8 Å². The molecule has 3 rings (SSSR count). The molecule has 2 aliphatic rings. The second-order valence-corrected chi connectivity index (χ2v) is 10.4. The van der Waals surface area contributed by atoms with E-state index in [9.17, 15) is 19.5 Å². The number of likely N-dealkylation sites (tertiary alicyclic amines) is 1. The molecule has 0 spiro atoms. The third-order valence-electron chi connectivity index (χ3n) is 7.92. The Morgan fingerprint density at radius 3 is 2.31 bits per heavy atom. The number of carbonyl (C=O) groups excluding carboxylic acids is 2. The van der Waals surface area contributed by atoms with Crippen molar-refractivity contribution in [1.29, 1.82) is 0 Å². The number of rotatable bonds is 15. The van der Waals surface area contributed by atoms with Gasteiger partial charge in [-0.15, -0.1) is 0 Å². The lowest BCUT2D eigenvalue weighted by atomic mass is 9.84. The summed E-state index contributed by atoms with van der Waals surface area (Å²) >= 11 is 0. The summed E-state index contributed by atoms with van der Waals surface area (Å²) in [5.74, 6) is -0.577. The van der Waals surface area contributed by atoms with Gasteiger partial charge in [0, 0.05) is 51.6 Å². The number of hydrogen-bond donors (Lipinski definition) is 1. The number of carboxylic acids is 1. The maximum Gasteiger partial charge on any atom is 0.308 e. The lowest BCUT2D eigenvalue weighted by Gasteiger charge is -2.31. The van der Waals surface area contributed by atoms with Crippen molar-refractivity contribution in [2.24, 2.45) is 5.92 Å². The molecule has 1 saturated heterocycles. The molecule has 1 fully saturated rings. The molecule has 10 heteroatoms. The minimum absolute atomic E-state index is 0.0221. The average Bonchev–Trinajstić information content (AvgIpc) is 3.53. The Morgan fingerprint density at radius 1 is 1.05 bits per heavy atom. The van der Waals surface area contributed by atoms with E-state index in [-0.39, 0.29) is 25.2 Å². The number of hydrogen-bond acceptors (Lipinski definition) is 7. The Kier molecular flexibility index (Phi) is 11.3. The summed E-state index contributed by atoms with van der Waals surface area (Å²) in [6, 6.07) is 3.23. The van der Waals surface area contributed by atoms with Crippen molar-refractivity contribution in [2.75, 3.05) is 53.2 Å². The molecule has 39 heavy (non-hydrogen) atoms. The van der Waals surface area contributed by atoms with Crippen molar-refractivity contribution >= 4 is 17.8 Å². The zero-order chi connectivity index (χ0) is 28.5. The Hall–Kier alpha value is -3.01. The number of unbranched alkanes of at least 4 members (excludes halogenated alkanes) is 2. The van der Waals surface area contributed by atoms with Crippen LogP contribution in [0.2, 0.25) is 0 Å². The van der Waals surface area contributed by atoms with Crippen LogP contribution in [0.15, 0.2) is 12.1 Å². The first-order chi connectivity index (χ1) is 18.7. The molecule has 0 aliphatic carbocycles. The molecule has 0 radical (unpaired) electrons. The van der Waals surface area contributed by atoms with Crippen LogP contribution in [0.3, 0.4) is 0 Å². The number of carboxylic acid groups (broad SMARTS) is 1. The number of carbonyl (C=O) groups is 3. The van der Waals surface area contributed by atoms with Crippen LogP contribution < -0.4 is 14.2 Å². The van der Waals surface area contributed by atoms with Gasteiger partial charge in [-0.25, -0.2) is 0 Å². The molecule has 1 aromatic rings. The van der Waals surface area contributed by atoms with Crippen LogP contribution >= 0.6 is 0 Å². The van der Waals surface area contributed by atoms with Gasteiger partial charge in [-0.05, 0) is 43.9 Å². The maximum atomic E-state index is 13.5. The number of amides is 2. The molecule has 0 aromatic heterocycles. The zero-order valence-electron chi connectivity index (χ0n) is 24.1. The summed E-state index contributed by atoms with van der Waals surface area (Å²) in [5, 5.41) is 10.5. The molecule has 0 bridgehead atoms. The Labute approximate surface area is 232 Å². The molecule has 0 saturated carbocycles. The molecule has 3 atom stereocenters. The van der Waals surface area contributed by atoms with E-state index in [0.717, 1.165) is 31.2 Å². The minimum atomic E-state index is -0.920. The van der Waals surface area contributed by atoms with Crippen molar-refractivity contribution in [3.8, 4) is 17.2 Å². The van der Waals surface area contributed by atoms with Crippen molar-refractivity contribution in [3.63, 3.8) is 0 Å². The molecule has 2 aliphatic heterocycles. The fourth-order valence-corrected chi connectivity index (χ4v) is 5.71. The number of nitrogens with zero attached hydrogens (tertiary/aromatic N) is 3. The number of methoxy groups -OCH3 is 1. The first kappa shape index (κ1) is 30.5. The average molecular weight is 548 g/mol. The SMILES string of the molecule is CCCCN(CCCC)C(=O)CN1CC(c2cc(OC)c3c(c2)OCO3)C(C(=O)O)C1CCN(CC)C(C)=O. The fourth-order valence-electron chi connectivity index (χ4n) is 5.71. The van der Waals surface area contributed by atoms with Gasteiger partial charge < -0.3 is 29.1 Å². The van der Waals surface area contributed by atoms with E-state index >= 15 is 0 Å². The van der Waals surface area contributed by atoms with Crippen LogP contribution in [-0.4, -0.2) is 96.8 Å². The van der Waals surface area contributed by atoms with E-state index in [2.05, 4.69) is 13.8 Å². The minimum Gasteiger partial charge on any atom is -0.493 e. The standard InChI is InChI=1S/C29H45N3O7/c1-6-9-12-31(13-10-7-2)26(34)18-32-17-22(21-15-24(37-5)28-25(16-21)38-19-39-28)27(29(35)36)23(32)11-14-30(8-3)20(4)33/h15-16,22-23,27H,6-14,17-19H2,1-5H3,(H,35,36). The van der Waals surface area contributed by atoms with E-state index in [1.807, 2.05) is 28.9 Å². The van der Waals surface area contributed by atoms with Crippen LogP contribution in [0.25, 0.3) is 0 Å². The van der Waals surface area contributed by atoms with Gasteiger partial charge in [-0.2, -0.15) is 0 Å². The molecule has 2 amide bonds. The Bertz CT molecular complexity index is 993. The fraction of sp³-hybridized carbons (Fsp3) is 0.690. The smallest absolute Gasteiger partial charge is 0.308 e. The van der Waals surface area contributed by atoms with Crippen LogP contribution in [0, 0.1) is 5.92 Å². The highest BCUT2D eigenvalue weighted by molar-refractivity contribution is 5.79. The summed E-state index contributed by atoms with van der Waals surface area (Å²) in [4.78, 5) is 44.1. The molecule has 10 nitrogen and oxygen atoms in total. The second kappa shape index (κ2) is 14.4. The summed E-state index contributed by atoms with van der Waals surface area (Å²) in [6.07, 6.45) is 4.31. The van der Waals surface area contributed by atoms with Gasteiger partial charge in [0.15, 0.2) is 11.5 Å². The molecular formula is C29H45N3O7. The van der Waals surface area contributed by atoms with Gasteiger partial charge >= 0.3 is 5.97 Å². The molecule has 218 valence electrons. The summed E-state index contributed by atoms with van der Waals surface area (Å²) in [6.45, 7) is 10.6. The third kappa shape index (κ3) is 7.35. The largest absolute Gasteiger partial charge is 0.493 e. The van der Waals surface area contributed by atoms with Crippen molar-refractivity contribution in [1.82, 2.24) is 14.7 Å². The predicted molar refractivity (Wildman–Crippen MR) is 147 cm³/mol. The molecule has 1 N–H and O–H groups in total. The number of fused-ring (bicyclic) bond motifs is 1. The Balaban J connectivity index is 1.94. The van der Waals surface area contributed by atoms with Gasteiger partial charge in [0.25, 0.3) is 0 Å². The summed E-state index contributed by atoms with van der Waals surface area (Å²) in [5.41, 5.74) is 0.774. The molecule has 3 unspecified atom stereocenters. The first-order valence-corrected chi connectivity index (χ1v) is 14.2. The topological polar surface area (TPSA) is 109 Å². The molecular weight excluding hydrogens is 502 g/mol. The van der Waals surface area contributed by atoms with E-state index in [0.29, 0.717) is 56.4 Å². The van der Waals surface area contributed by atoms with Crippen LogP contribution in [-0.2, 0) is 14.4 Å². The zero-order valence-corrected chi connectivity index (χ0v) is 24.1. The van der Waals surface area contributed by atoms with Gasteiger partial charge in [0.2, 0.25) is 24.4 Å². The van der Waals surface area contributed by atoms with Crippen LogP contribution in [0.4, 0.5) is 0 Å². The summed E-state index contributed by atoms with van der Waals surface area (Å²) < 4.78 is 16.7. The molecule has 2 heterocycles. The van der Waals surface area contributed by atoms with Crippen molar-refractivity contribution < 1.29 is 33.7 Å². The van der Waals surface area contributed by atoms with Crippen molar-refractivity contribution in [2.45, 2.75) is 71.8 Å². The summed E-state index contributed by atoms with van der Waals surface area (Å²) in [7, 11) is 1.54. The quantitative estimate of drug-likeness (QED) is 0.355. The lowest BCUT2D eigenvalue weighted by Crippen LogP contribution is -2.46. The second-order valence-electron chi connectivity index (χ2n) is 10.4. The molecule has 1 aromatic carbocycles. The van der Waals surface area contributed by atoms with Gasteiger partial charge in [-0.3, -0.25) is 19.3 Å². The van der Waals surface area contributed by atoms with Gasteiger partial charge in [0.05, 0.1) is 19.6 Å². The maximum absolute atomic E-state index is 13.5. The third-order valence-corrected chi connectivity index (χ3v) is 7.92. The Morgan fingerprint density at radius 2 is 1.74 bits per heavy atom. The monoisotopic (exact) mass is 547 g/mol. The predicted octanol–water partition coefficient (Wildman–Crippen LogP) is 3.58. The van der Waals surface area contributed by atoms with Crippen LogP contribution in [0.5, 0.6) is 17.2 Å². The highest BCUT2D eigenvalue weighted by Crippen LogP contribution is 2.47. The number of benzene rings is 1. The van der Waals surface area contributed by atoms with E-state index in [1.54, 1.807) is 12.0 Å². The highest BCUT2D eigenvalue weighted by Gasteiger charge is 2.47. The van der Waals surface area contributed by atoms with E-state index in [4.69, 9.17) is 14.2 Å². The number of aliphatic carboxylic acids is 1. The first-order valence-electron chi connectivity index (χ1n) is 14.2. The highest BCUT2D eigenvalue weighted by atomic mass is 16.7. The van der Waals surface area contributed by atoms with Crippen molar-refractivity contribution in [3.05, 3.63) is 17.7 Å². The normalized spacial score (nSPS) is 20.2.